The smallest absolute Gasteiger partial charge is 0.241 e. The molecule has 1 aromatic rings. The fourth-order valence-corrected chi connectivity index (χ4v) is 2.81. The zero-order valence-electron chi connectivity index (χ0n) is 11.4. The molecule has 0 bridgehead atoms. The fourth-order valence-electron chi connectivity index (χ4n) is 2.81. The maximum atomic E-state index is 13.9. The molecule has 5 heteroatoms. The molecule has 1 aromatic carbocycles. The van der Waals surface area contributed by atoms with E-state index in [2.05, 4.69) is 0 Å². The molecule has 106 valence electrons. The molecule has 0 N–H and O–H groups in total. The van der Waals surface area contributed by atoms with Crippen LogP contribution in [0.3, 0.4) is 0 Å². The van der Waals surface area contributed by atoms with Crippen LogP contribution < -0.4 is 0 Å². The van der Waals surface area contributed by atoms with Crippen LogP contribution >= 0.6 is 0 Å². The van der Waals surface area contributed by atoms with E-state index in [0.717, 1.165) is 0 Å². The molecule has 3 rings (SSSR count). The first-order valence-electron chi connectivity index (χ1n) is 6.83. The van der Waals surface area contributed by atoms with Crippen LogP contribution in [0.4, 0.5) is 4.39 Å². The zero-order valence-corrected chi connectivity index (χ0v) is 11.4. The average molecular weight is 276 g/mol. The molecule has 1 saturated carbocycles. The minimum atomic E-state index is -0.735. The monoisotopic (exact) mass is 276 g/mol. The molecule has 0 radical (unpaired) electrons. The molecule has 2 amide bonds. The maximum absolute atomic E-state index is 13.9. The number of rotatable bonds is 2. The van der Waals surface area contributed by atoms with Crippen LogP contribution in [0.15, 0.2) is 24.3 Å². The van der Waals surface area contributed by atoms with Crippen LogP contribution in [0.5, 0.6) is 0 Å². The highest BCUT2D eigenvalue weighted by molar-refractivity contribution is 5.94. The summed E-state index contributed by atoms with van der Waals surface area (Å²) in [6.07, 6.45) is 1.32. The fraction of sp³-hybridized carbons (Fsp3) is 0.467. The molecule has 4 nitrogen and oxygen atoms in total. The number of amides is 2. The van der Waals surface area contributed by atoms with Gasteiger partial charge < -0.3 is 9.80 Å². The molecule has 0 unspecified atom stereocenters. The van der Waals surface area contributed by atoms with Crippen molar-refractivity contribution < 1.29 is 14.0 Å². The van der Waals surface area contributed by atoms with Crippen molar-refractivity contribution in [2.75, 3.05) is 26.7 Å². The highest BCUT2D eigenvalue weighted by atomic mass is 19.1. The Bertz CT molecular complexity index is 569. The van der Waals surface area contributed by atoms with Crippen molar-refractivity contribution in [2.45, 2.75) is 18.3 Å². The molecule has 1 aliphatic carbocycles. The first-order valence-corrected chi connectivity index (χ1v) is 6.83. The number of carbonyl (C=O) groups excluding carboxylic acids is 2. The Hall–Kier alpha value is -1.91. The van der Waals surface area contributed by atoms with Crippen molar-refractivity contribution in [1.29, 1.82) is 0 Å². The quantitative estimate of drug-likeness (QED) is 0.813. The molecule has 2 aliphatic rings. The van der Waals surface area contributed by atoms with Crippen molar-refractivity contribution in [2.24, 2.45) is 0 Å². The van der Waals surface area contributed by atoms with Gasteiger partial charge in [-0.2, -0.15) is 0 Å². The summed E-state index contributed by atoms with van der Waals surface area (Å²) >= 11 is 0. The maximum Gasteiger partial charge on any atom is 0.241 e. The van der Waals surface area contributed by atoms with E-state index in [1.165, 1.54) is 6.07 Å². The van der Waals surface area contributed by atoms with E-state index in [1.807, 2.05) is 0 Å². The van der Waals surface area contributed by atoms with Gasteiger partial charge in [0.2, 0.25) is 11.8 Å². The Balaban J connectivity index is 1.84. The lowest BCUT2D eigenvalue weighted by Gasteiger charge is -2.34. The molecule has 0 spiro atoms. The molecule has 0 aromatic heterocycles. The topological polar surface area (TPSA) is 40.6 Å². The van der Waals surface area contributed by atoms with E-state index in [0.29, 0.717) is 31.5 Å². The third-order valence-electron chi connectivity index (χ3n) is 4.29. The number of benzene rings is 1. The summed E-state index contributed by atoms with van der Waals surface area (Å²) in [4.78, 5) is 27.6. The number of piperazine rings is 1. The lowest BCUT2D eigenvalue weighted by Crippen LogP contribution is -2.53. The van der Waals surface area contributed by atoms with Crippen molar-refractivity contribution in [3.05, 3.63) is 35.6 Å². The van der Waals surface area contributed by atoms with Crippen LogP contribution in [0.1, 0.15) is 18.4 Å². The van der Waals surface area contributed by atoms with Crippen LogP contribution in [0, 0.1) is 5.82 Å². The summed E-state index contributed by atoms with van der Waals surface area (Å²) in [5, 5.41) is 0. The third-order valence-corrected chi connectivity index (χ3v) is 4.29. The standard InChI is InChI=1S/C15H17FN2O2/c1-17-8-9-18(10-13(17)19)14(20)15(6-7-15)11-4-2-3-5-12(11)16/h2-5H,6-10H2,1H3. The number of likely N-dealkylation sites (N-methyl/N-ethyl adjacent to an activating group) is 1. The minimum absolute atomic E-state index is 0.0612. The molecular formula is C15H17FN2O2. The summed E-state index contributed by atoms with van der Waals surface area (Å²) in [6, 6.07) is 6.44. The van der Waals surface area contributed by atoms with Gasteiger partial charge in [-0.25, -0.2) is 4.39 Å². The highest BCUT2D eigenvalue weighted by Gasteiger charge is 2.54. The van der Waals surface area contributed by atoms with Gasteiger partial charge in [0.25, 0.3) is 0 Å². The Morgan fingerprint density at radius 3 is 2.55 bits per heavy atom. The lowest BCUT2D eigenvalue weighted by atomic mass is 9.93. The van der Waals surface area contributed by atoms with E-state index in [9.17, 15) is 14.0 Å². The minimum Gasteiger partial charge on any atom is -0.342 e. The van der Waals surface area contributed by atoms with Gasteiger partial charge in [0.05, 0.1) is 12.0 Å². The van der Waals surface area contributed by atoms with Gasteiger partial charge in [-0.1, -0.05) is 18.2 Å². The Kier molecular flexibility index (Phi) is 3.00. The van der Waals surface area contributed by atoms with Crippen molar-refractivity contribution in [1.82, 2.24) is 9.80 Å². The second-order valence-electron chi connectivity index (χ2n) is 5.60. The van der Waals surface area contributed by atoms with E-state index < -0.39 is 5.41 Å². The first-order chi connectivity index (χ1) is 9.54. The highest BCUT2D eigenvalue weighted by Crippen LogP contribution is 2.50. The van der Waals surface area contributed by atoms with Crippen LogP contribution in [-0.4, -0.2) is 48.3 Å². The normalized spacial score (nSPS) is 21.0. The molecule has 2 fully saturated rings. The largest absolute Gasteiger partial charge is 0.342 e. The predicted octanol–water partition coefficient (Wildman–Crippen LogP) is 1.16. The summed E-state index contributed by atoms with van der Waals surface area (Å²) < 4.78 is 13.9. The van der Waals surface area contributed by atoms with Gasteiger partial charge in [0, 0.05) is 25.7 Å². The second-order valence-corrected chi connectivity index (χ2v) is 5.60. The Labute approximate surface area is 117 Å². The van der Waals surface area contributed by atoms with Crippen LogP contribution in [0.25, 0.3) is 0 Å². The van der Waals surface area contributed by atoms with Crippen molar-refractivity contribution in [3.8, 4) is 0 Å². The number of carbonyl (C=O) groups is 2. The van der Waals surface area contributed by atoms with Crippen LogP contribution in [0.2, 0.25) is 0 Å². The van der Waals surface area contributed by atoms with Gasteiger partial charge in [-0.05, 0) is 18.9 Å². The van der Waals surface area contributed by atoms with Crippen LogP contribution in [-0.2, 0) is 15.0 Å². The number of hydrogen-bond donors (Lipinski definition) is 0. The van der Waals surface area contributed by atoms with E-state index in [-0.39, 0.29) is 24.2 Å². The van der Waals surface area contributed by atoms with Gasteiger partial charge >= 0.3 is 0 Å². The summed E-state index contributed by atoms with van der Waals surface area (Å²) in [6.45, 7) is 1.17. The summed E-state index contributed by atoms with van der Waals surface area (Å²) in [5.74, 6) is -0.503. The SMILES string of the molecule is CN1CCN(C(=O)C2(c3ccccc3F)CC2)CC1=O. The van der Waals surface area contributed by atoms with E-state index in [4.69, 9.17) is 0 Å². The molecule has 1 heterocycles. The van der Waals surface area contributed by atoms with Gasteiger partial charge in [0.1, 0.15) is 5.82 Å². The molecule has 1 saturated heterocycles. The van der Waals surface area contributed by atoms with E-state index >= 15 is 0 Å². The van der Waals surface area contributed by atoms with Crippen molar-refractivity contribution >= 4 is 11.8 Å². The van der Waals surface area contributed by atoms with Gasteiger partial charge in [0.15, 0.2) is 0 Å². The van der Waals surface area contributed by atoms with Crippen molar-refractivity contribution in [3.63, 3.8) is 0 Å². The first kappa shape index (κ1) is 13.1. The molecule has 1 aliphatic heterocycles. The second kappa shape index (κ2) is 4.58. The number of nitrogens with zero attached hydrogens (tertiary/aromatic N) is 2. The molecule has 20 heavy (non-hydrogen) atoms. The Morgan fingerprint density at radius 1 is 1.25 bits per heavy atom. The van der Waals surface area contributed by atoms with Gasteiger partial charge in [-0.15, -0.1) is 0 Å². The Morgan fingerprint density at radius 2 is 1.95 bits per heavy atom. The number of halogens is 1. The zero-order chi connectivity index (χ0) is 14.3. The summed E-state index contributed by atoms with van der Waals surface area (Å²) in [7, 11) is 1.73. The number of hydrogen-bond acceptors (Lipinski definition) is 2. The summed E-state index contributed by atoms with van der Waals surface area (Å²) in [5.41, 5.74) is -0.266. The molecule has 0 atom stereocenters. The van der Waals surface area contributed by atoms with E-state index in [1.54, 1.807) is 35.0 Å². The average Bonchev–Trinajstić information content (AvgIpc) is 3.23. The third kappa shape index (κ3) is 1.97. The molecular weight excluding hydrogens is 259 g/mol. The van der Waals surface area contributed by atoms with Gasteiger partial charge in [-0.3, -0.25) is 9.59 Å². The predicted molar refractivity (Wildman–Crippen MR) is 71.5 cm³/mol. The lowest BCUT2D eigenvalue weighted by molar-refractivity contribution is -0.145.